The van der Waals surface area contributed by atoms with Gasteiger partial charge in [-0.05, 0) is 0 Å². The molecule has 0 aliphatic rings. The number of imidazole rings is 1. The highest BCUT2D eigenvalue weighted by molar-refractivity contribution is 5.75. The molecule has 2 unspecified atom stereocenters. The highest BCUT2D eigenvalue weighted by Crippen LogP contribution is 2.22. The third-order valence-electron chi connectivity index (χ3n) is 3.08. The monoisotopic (exact) mass is 304 g/mol. The van der Waals surface area contributed by atoms with Crippen LogP contribution in [0, 0.1) is 11.6 Å². The molecule has 116 valence electrons. The van der Waals surface area contributed by atoms with Gasteiger partial charge in [0.25, 0.3) is 0 Å². The lowest BCUT2D eigenvalue weighted by Crippen LogP contribution is -2.42. The van der Waals surface area contributed by atoms with Crippen LogP contribution >= 0.6 is 0 Å². The van der Waals surface area contributed by atoms with Crippen molar-refractivity contribution in [1.29, 1.82) is 0 Å². The molecule has 0 aliphatic heterocycles. The van der Waals surface area contributed by atoms with E-state index in [9.17, 15) is 29.2 Å². The maximum Gasteiger partial charge on any atom is 0.161 e. The number of nitrogens with zero attached hydrogens (tertiary/aromatic N) is 1. The second-order valence-electron chi connectivity index (χ2n) is 4.58. The third-order valence-corrected chi connectivity index (χ3v) is 3.08. The molecule has 1 aromatic carbocycles. The number of hydrogen-bond acceptors (Lipinski definition) is 6. The quantitative estimate of drug-likeness (QED) is 0.418. The molecular formula is C12H14F2N2O5. The van der Waals surface area contributed by atoms with Crippen molar-refractivity contribution in [3.63, 3.8) is 0 Å². The van der Waals surface area contributed by atoms with Crippen LogP contribution < -0.4 is 0 Å². The molecule has 1 aromatic heterocycles. The molecule has 9 heteroatoms. The van der Waals surface area contributed by atoms with Crippen LogP contribution in [0.2, 0.25) is 0 Å². The summed E-state index contributed by atoms with van der Waals surface area (Å²) < 4.78 is 26.1. The van der Waals surface area contributed by atoms with Crippen LogP contribution in [0.5, 0.6) is 0 Å². The molecule has 2 rings (SSSR count). The molecule has 4 atom stereocenters. The Labute approximate surface area is 117 Å². The minimum atomic E-state index is -1.86. The Balaban J connectivity index is 2.28. The molecule has 2 aromatic rings. The standard InChI is InChI=1S/C12H14F2N2O5/c13-4-1-6-7(2-5(4)14)16-12(15-6)11(21)10(20)9(19)8(18)3-17/h1-2,8-11,17-21H,3H2,(H,15,16)/t8?,9-,10?,11-/m1/s1. The molecule has 6 N–H and O–H groups in total. The number of nitrogens with one attached hydrogen (secondary N) is 1. The average molecular weight is 304 g/mol. The summed E-state index contributed by atoms with van der Waals surface area (Å²) in [6, 6.07) is 1.64. The van der Waals surface area contributed by atoms with Gasteiger partial charge < -0.3 is 30.5 Å². The lowest BCUT2D eigenvalue weighted by atomic mass is 10.0. The fourth-order valence-corrected chi connectivity index (χ4v) is 1.85. The first-order chi connectivity index (χ1) is 9.85. The van der Waals surface area contributed by atoms with Crippen LogP contribution in [0.4, 0.5) is 8.78 Å². The fourth-order valence-electron chi connectivity index (χ4n) is 1.85. The molecule has 0 spiro atoms. The Kier molecular flexibility index (Phi) is 4.49. The third kappa shape index (κ3) is 3.01. The van der Waals surface area contributed by atoms with Crippen molar-refractivity contribution in [3.8, 4) is 0 Å². The predicted molar refractivity (Wildman–Crippen MR) is 66.1 cm³/mol. The summed E-state index contributed by atoms with van der Waals surface area (Å²) in [6.45, 7) is -0.818. The van der Waals surface area contributed by atoms with Gasteiger partial charge >= 0.3 is 0 Å². The van der Waals surface area contributed by atoms with E-state index in [0.29, 0.717) is 0 Å². The zero-order valence-corrected chi connectivity index (χ0v) is 10.6. The van der Waals surface area contributed by atoms with Crippen LogP contribution in [0.25, 0.3) is 11.0 Å². The summed E-state index contributed by atoms with van der Waals surface area (Å²) in [4.78, 5) is 6.25. The van der Waals surface area contributed by atoms with Gasteiger partial charge in [0.2, 0.25) is 0 Å². The number of rotatable bonds is 5. The van der Waals surface area contributed by atoms with Crippen molar-refractivity contribution in [2.75, 3.05) is 6.61 Å². The summed E-state index contributed by atoms with van der Waals surface area (Å²) in [7, 11) is 0. The number of aliphatic hydroxyl groups is 5. The molecule has 0 amide bonds. The summed E-state index contributed by atoms with van der Waals surface area (Å²) in [5, 5.41) is 46.9. The van der Waals surface area contributed by atoms with Gasteiger partial charge in [0.05, 0.1) is 17.6 Å². The summed E-state index contributed by atoms with van der Waals surface area (Å²) in [6.07, 6.45) is -7.09. The fraction of sp³-hybridized carbons (Fsp3) is 0.417. The SMILES string of the molecule is OCC(O)[C@@H](O)C(O)[C@@H](O)c1nc2cc(F)c(F)cc2[nH]1. The highest BCUT2D eigenvalue weighted by Gasteiger charge is 2.32. The first-order valence-corrected chi connectivity index (χ1v) is 6.03. The van der Waals surface area contributed by atoms with Crippen molar-refractivity contribution in [3.05, 3.63) is 29.6 Å². The van der Waals surface area contributed by atoms with Crippen LogP contribution in [0.1, 0.15) is 11.9 Å². The number of aliphatic hydroxyl groups excluding tert-OH is 5. The zero-order chi connectivity index (χ0) is 15.7. The average Bonchev–Trinajstić information content (AvgIpc) is 2.87. The van der Waals surface area contributed by atoms with E-state index >= 15 is 0 Å². The number of hydrogen-bond donors (Lipinski definition) is 6. The Bertz CT molecular complexity index is 596. The van der Waals surface area contributed by atoms with Crippen molar-refractivity contribution in [1.82, 2.24) is 9.97 Å². The van der Waals surface area contributed by atoms with Crippen molar-refractivity contribution < 1.29 is 34.3 Å². The molecule has 0 radical (unpaired) electrons. The number of benzene rings is 1. The van der Waals surface area contributed by atoms with Gasteiger partial charge in [-0.25, -0.2) is 13.8 Å². The number of aromatic amines is 1. The van der Waals surface area contributed by atoms with E-state index in [2.05, 4.69) is 9.97 Å². The number of aromatic nitrogens is 2. The van der Waals surface area contributed by atoms with Gasteiger partial charge in [-0.15, -0.1) is 0 Å². The lowest BCUT2D eigenvalue weighted by Gasteiger charge is -2.24. The first-order valence-electron chi connectivity index (χ1n) is 6.03. The Hall–Kier alpha value is -1.65. The molecule has 0 saturated carbocycles. The molecule has 21 heavy (non-hydrogen) atoms. The van der Waals surface area contributed by atoms with E-state index in [1.165, 1.54) is 0 Å². The Morgan fingerprint density at radius 3 is 2.29 bits per heavy atom. The Morgan fingerprint density at radius 2 is 1.67 bits per heavy atom. The molecule has 0 saturated heterocycles. The Morgan fingerprint density at radius 1 is 1.05 bits per heavy atom. The van der Waals surface area contributed by atoms with Gasteiger partial charge in [-0.2, -0.15) is 0 Å². The molecular weight excluding hydrogens is 290 g/mol. The maximum absolute atomic E-state index is 13.1. The van der Waals surface area contributed by atoms with Gasteiger partial charge in [0.15, 0.2) is 11.6 Å². The molecule has 7 nitrogen and oxygen atoms in total. The molecule has 1 heterocycles. The number of fused-ring (bicyclic) bond motifs is 1. The second kappa shape index (κ2) is 6.00. The van der Waals surface area contributed by atoms with Gasteiger partial charge in [0.1, 0.15) is 30.2 Å². The van der Waals surface area contributed by atoms with E-state index in [1.54, 1.807) is 0 Å². The minimum Gasteiger partial charge on any atom is -0.394 e. The topological polar surface area (TPSA) is 130 Å². The number of H-pyrrole nitrogens is 1. The normalized spacial score (nSPS) is 17.7. The van der Waals surface area contributed by atoms with E-state index < -0.39 is 42.7 Å². The summed E-state index contributed by atoms with van der Waals surface area (Å²) in [5.74, 6) is -2.47. The first kappa shape index (κ1) is 15.7. The smallest absolute Gasteiger partial charge is 0.161 e. The summed E-state index contributed by atoms with van der Waals surface area (Å²) in [5.41, 5.74) is 0.111. The minimum absolute atomic E-state index is 0.0207. The van der Waals surface area contributed by atoms with Crippen molar-refractivity contribution >= 4 is 11.0 Å². The van der Waals surface area contributed by atoms with E-state index in [-0.39, 0.29) is 16.9 Å². The van der Waals surface area contributed by atoms with Gasteiger partial charge in [-0.1, -0.05) is 0 Å². The van der Waals surface area contributed by atoms with Crippen molar-refractivity contribution in [2.45, 2.75) is 24.4 Å². The van der Waals surface area contributed by atoms with Crippen LogP contribution in [0.3, 0.4) is 0 Å². The van der Waals surface area contributed by atoms with E-state index in [0.717, 1.165) is 12.1 Å². The number of halogens is 2. The maximum atomic E-state index is 13.1. The van der Waals surface area contributed by atoms with Crippen LogP contribution in [-0.4, -0.2) is 60.4 Å². The molecule has 0 fully saturated rings. The summed E-state index contributed by atoms with van der Waals surface area (Å²) >= 11 is 0. The lowest BCUT2D eigenvalue weighted by molar-refractivity contribution is -0.117. The highest BCUT2D eigenvalue weighted by atomic mass is 19.2. The molecule has 0 bridgehead atoms. The zero-order valence-electron chi connectivity index (χ0n) is 10.6. The largest absolute Gasteiger partial charge is 0.394 e. The van der Waals surface area contributed by atoms with Crippen molar-refractivity contribution in [2.24, 2.45) is 0 Å². The van der Waals surface area contributed by atoms with Gasteiger partial charge in [-0.3, -0.25) is 0 Å². The van der Waals surface area contributed by atoms with E-state index in [1.807, 2.05) is 0 Å². The van der Waals surface area contributed by atoms with Crippen LogP contribution in [0.15, 0.2) is 12.1 Å². The van der Waals surface area contributed by atoms with E-state index in [4.69, 9.17) is 5.11 Å². The second-order valence-corrected chi connectivity index (χ2v) is 4.58. The van der Waals surface area contributed by atoms with Gasteiger partial charge in [0, 0.05) is 12.1 Å². The predicted octanol–water partition coefficient (Wildman–Crippen LogP) is -1.05. The van der Waals surface area contributed by atoms with Crippen LogP contribution in [-0.2, 0) is 0 Å². The molecule has 0 aliphatic carbocycles.